The van der Waals surface area contributed by atoms with Crippen LogP contribution in [0.3, 0.4) is 0 Å². The number of aromatic amines is 1. The highest BCUT2D eigenvalue weighted by molar-refractivity contribution is 7.71. The van der Waals surface area contributed by atoms with E-state index < -0.39 is 0 Å². The number of nitrogens with zero attached hydrogens (tertiary/aromatic N) is 4. The van der Waals surface area contributed by atoms with Gasteiger partial charge < -0.3 is 30.2 Å². The average Bonchev–Trinajstić information content (AvgIpc) is 3.16. The van der Waals surface area contributed by atoms with Crippen LogP contribution in [0.2, 0.25) is 0 Å². The molecule has 0 aromatic carbocycles. The Kier molecular flexibility index (Phi) is 36.5. The molecular formula is C43H85N5O4S. The van der Waals surface area contributed by atoms with Gasteiger partial charge in [0.2, 0.25) is 16.7 Å². The van der Waals surface area contributed by atoms with E-state index in [0.29, 0.717) is 31.2 Å². The first-order valence-corrected chi connectivity index (χ1v) is 23.0. The van der Waals surface area contributed by atoms with Gasteiger partial charge in [-0.3, -0.25) is 4.98 Å². The predicted molar refractivity (Wildman–Crippen MR) is 228 cm³/mol. The number of rotatable bonds is 42. The zero-order valence-electron chi connectivity index (χ0n) is 34.3. The highest BCUT2D eigenvalue weighted by atomic mass is 32.1. The fourth-order valence-electron chi connectivity index (χ4n) is 7.21. The predicted octanol–water partition coefficient (Wildman–Crippen LogP) is 10.6. The third kappa shape index (κ3) is 30.6. The summed E-state index contributed by atoms with van der Waals surface area (Å²) in [4.78, 5) is 18.2. The lowest BCUT2D eigenvalue weighted by Gasteiger charge is -2.27. The summed E-state index contributed by atoms with van der Waals surface area (Å²) in [7, 11) is 0. The molecule has 5 N–H and O–H groups in total. The van der Waals surface area contributed by atoms with Crippen LogP contribution < -0.4 is 9.80 Å². The molecule has 0 fully saturated rings. The van der Waals surface area contributed by atoms with Crippen LogP contribution in [0.15, 0.2) is 0 Å². The van der Waals surface area contributed by atoms with Gasteiger partial charge in [0.25, 0.3) is 0 Å². The number of hydrogen-bond donors (Lipinski definition) is 5. The van der Waals surface area contributed by atoms with E-state index >= 15 is 0 Å². The zero-order valence-corrected chi connectivity index (χ0v) is 35.1. The Morgan fingerprint density at radius 3 is 0.717 bits per heavy atom. The molecule has 0 amide bonds. The topological polar surface area (TPSA) is 129 Å². The molecule has 1 aromatic rings. The molecule has 0 saturated heterocycles. The number of unbranched alkanes of at least 4 members (excludes halogenated alkanes) is 28. The maximum atomic E-state index is 9.04. The Bertz CT molecular complexity index is 842. The van der Waals surface area contributed by atoms with Crippen molar-refractivity contribution >= 4 is 24.1 Å². The molecule has 312 valence electrons. The molecule has 0 unspecified atom stereocenters. The summed E-state index contributed by atoms with van der Waals surface area (Å²) in [5.74, 6) is 1.76. The van der Waals surface area contributed by atoms with Crippen LogP contribution in [0, 0.1) is 4.77 Å². The summed E-state index contributed by atoms with van der Waals surface area (Å²) in [5, 5.41) is 36.2. The molecule has 0 radical (unpaired) electrons. The number of aliphatic hydroxyl groups is 4. The number of hydrogen-bond acceptors (Lipinski definition) is 9. The molecule has 53 heavy (non-hydrogen) atoms. The van der Waals surface area contributed by atoms with Crippen molar-refractivity contribution in [1.82, 2.24) is 15.0 Å². The van der Waals surface area contributed by atoms with Gasteiger partial charge in [-0.25, -0.2) is 0 Å². The summed E-state index contributed by atoms with van der Waals surface area (Å²) in [6, 6.07) is 0. The van der Waals surface area contributed by atoms with Crippen LogP contribution in [0.4, 0.5) is 11.9 Å². The molecule has 10 heteroatoms. The van der Waals surface area contributed by atoms with Gasteiger partial charge in [-0.2, -0.15) is 9.97 Å². The number of aromatic nitrogens is 3. The lowest BCUT2D eigenvalue weighted by molar-refractivity contribution is 0.282. The normalized spacial score (nSPS) is 11.5. The molecule has 1 heterocycles. The van der Waals surface area contributed by atoms with Crippen molar-refractivity contribution in [2.24, 2.45) is 0 Å². The number of anilines is 2. The average molecular weight is 768 g/mol. The number of aliphatic hydroxyl groups excluding tert-OH is 4. The molecule has 0 aliphatic carbocycles. The Labute approximate surface area is 331 Å². The summed E-state index contributed by atoms with van der Waals surface area (Å²) in [6.45, 7) is 5.15. The standard InChI is InChI=1S/C43H85N5O4S/c49-37-29-21-13-5-1-9-17-25-33-47(34-26-18-10-2-6-14-22-30-38-50)41-44-42(46-43(53)45-41)48(35-27-19-11-3-7-15-23-31-39-51)36-28-20-12-4-8-16-24-32-40-52/h49-52H,1-40H2,(H,44,45,46,53). The molecule has 1 aromatic heterocycles. The lowest BCUT2D eigenvalue weighted by atomic mass is 10.1. The summed E-state index contributed by atoms with van der Waals surface area (Å²) in [6.07, 6.45) is 37.8. The van der Waals surface area contributed by atoms with Gasteiger partial charge in [-0.1, -0.05) is 154 Å². The first-order valence-electron chi connectivity index (χ1n) is 22.6. The monoisotopic (exact) mass is 768 g/mol. The van der Waals surface area contributed by atoms with Crippen molar-refractivity contribution in [2.75, 3.05) is 62.4 Å². The Balaban J connectivity index is 2.85. The third-order valence-corrected chi connectivity index (χ3v) is 10.8. The summed E-state index contributed by atoms with van der Waals surface area (Å²) < 4.78 is 0.431. The zero-order chi connectivity index (χ0) is 38.3. The third-order valence-electron chi connectivity index (χ3n) is 10.6. The van der Waals surface area contributed by atoms with Crippen molar-refractivity contribution in [2.45, 2.75) is 205 Å². The van der Waals surface area contributed by atoms with Crippen molar-refractivity contribution < 1.29 is 20.4 Å². The van der Waals surface area contributed by atoms with Crippen molar-refractivity contribution in [3.8, 4) is 0 Å². The van der Waals surface area contributed by atoms with Gasteiger partial charge in [0, 0.05) is 52.6 Å². The smallest absolute Gasteiger partial charge is 0.225 e. The summed E-state index contributed by atoms with van der Waals surface area (Å²) >= 11 is 5.72. The highest BCUT2D eigenvalue weighted by Crippen LogP contribution is 2.20. The Morgan fingerprint density at radius 2 is 0.509 bits per heavy atom. The number of nitrogens with one attached hydrogen (secondary N) is 1. The maximum Gasteiger partial charge on any atom is 0.225 e. The van der Waals surface area contributed by atoms with Crippen LogP contribution in [0.25, 0.3) is 0 Å². The molecule has 0 aliphatic rings. The van der Waals surface area contributed by atoms with E-state index in [4.69, 9.17) is 42.6 Å². The van der Waals surface area contributed by atoms with E-state index in [1.54, 1.807) is 0 Å². The van der Waals surface area contributed by atoms with Crippen LogP contribution in [-0.4, -0.2) is 88.0 Å². The fourth-order valence-corrected chi connectivity index (χ4v) is 7.38. The first kappa shape index (κ1) is 49.7. The quantitative estimate of drug-likeness (QED) is 0.0326. The largest absolute Gasteiger partial charge is 0.396 e. The summed E-state index contributed by atoms with van der Waals surface area (Å²) in [5.41, 5.74) is 0. The Hall–Kier alpha value is -1.33. The number of H-pyrrole nitrogens is 1. The molecule has 0 bridgehead atoms. The van der Waals surface area contributed by atoms with E-state index in [2.05, 4.69) is 14.8 Å². The maximum absolute atomic E-state index is 9.04. The van der Waals surface area contributed by atoms with E-state index in [9.17, 15) is 0 Å². The second-order valence-electron chi connectivity index (χ2n) is 15.5. The van der Waals surface area contributed by atoms with Gasteiger partial charge in [0.1, 0.15) is 0 Å². The van der Waals surface area contributed by atoms with Crippen LogP contribution in [0.1, 0.15) is 205 Å². The SMILES string of the molecule is OCCCCCCCCCCN(CCCCCCCCCCO)c1nc(=S)nc(N(CCCCCCCCCCO)CCCCCCCCCCO)[nH]1. The van der Waals surface area contributed by atoms with Crippen molar-refractivity contribution in [3.05, 3.63) is 4.77 Å². The minimum absolute atomic E-state index is 0.312. The van der Waals surface area contributed by atoms with E-state index in [0.717, 1.165) is 115 Å². The van der Waals surface area contributed by atoms with Crippen LogP contribution in [0.5, 0.6) is 0 Å². The molecule has 0 atom stereocenters. The minimum atomic E-state index is 0.312. The molecule has 0 saturated carbocycles. The van der Waals surface area contributed by atoms with Crippen LogP contribution in [-0.2, 0) is 0 Å². The van der Waals surface area contributed by atoms with E-state index in [1.807, 2.05) is 0 Å². The van der Waals surface area contributed by atoms with Crippen molar-refractivity contribution in [3.63, 3.8) is 0 Å². The van der Waals surface area contributed by atoms with Crippen LogP contribution >= 0.6 is 12.2 Å². The minimum Gasteiger partial charge on any atom is -0.396 e. The van der Waals surface area contributed by atoms with Crippen molar-refractivity contribution in [1.29, 1.82) is 0 Å². The molecule has 0 spiro atoms. The van der Waals surface area contributed by atoms with E-state index in [-0.39, 0.29) is 0 Å². The second kappa shape index (κ2) is 38.9. The molecular weight excluding hydrogens is 683 g/mol. The first-order chi connectivity index (χ1) is 26.2. The molecule has 0 aliphatic heterocycles. The van der Waals surface area contributed by atoms with Gasteiger partial charge in [-0.15, -0.1) is 0 Å². The van der Waals surface area contributed by atoms with Gasteiger partial charge in [-0.05, 0) is 63.6 Å². The van der Waals surface area contributed by atoms with E-state index in [1.165, 1.54) is 128 Å². The molecule has 1 rings (SSSR count). The van der Waals surface area contributed by atoms with Gasteiger partial charge >= 0.3 is 0 Å². The Morgan fingerprint density at radius 1 is 0.321 bits per heavy atom. The fraction of sp³-hybridized carbons (Fsp3) is 0.930. The highest BCUT2D eigenvalue weighted by Gasteiger charge is 2.15. The second-order valence-corrected chi connectivity index (χ2v) is 15.8. The van der Waals surface area contributed by atoms with Gasteiger partial charge in [0.05, 0.1) is 0 Å². The van der Waals surface area contributed by atoms with Gasteiger partial charge in [0.15, 0.2) is 0 Å². The molecule has 9 nitrogen and oxygen atoms in total. The lowest BCUT2D eigenvalue weighted by Crippen LogP contribution is -2.31.